The second kappa shape index (κ2) is 9.22. The van der Waals surface area contributed by atoms with Crippen molar-refractivity contribution in [1.29, 1.82) is 0 Å². The van der Waals surface area contributed by atoms with Crippen molar-refractivity contribution in [2.45, 2.75) is 12.8 Å². The third-order valence-corrected chi connectivity index (χ3v) is 6.54. The van der Waals surface area contributed by atoms with E-state index in [2.05, 4.69) is 26.2 Å². The first-order valence-electron chi connectivity index (χ1n) is 9.65. The Morgan fingerprint density at radius 1 is 1.23 bits per heavy atom. The van der Waals surface area contributed by atoms with Gasteiger partial charge in [0, 0.05) is 46.8 Å². The van der Waals surface area contributed by atoms with Gasteiger partial charge in [0.25, 0.3) is 0 Å². The highest BCUT2D eigenvalue weighted by Gasteiger charge is 2.24. The van der Waals surface area contributed by atoms with Crippen LogP contribution in [-0.2, 0) is 11.2 Å². The Morgan fingerprint density at radius 2 is 2.10 bits per heavy atom. The fourth-order valence-corrected chi connectivity index (χ4v) is 4.76. The number of hydrogen-bond acceptors (Lipinski definition) is 4. The van der Waals surface area contributed by atoms with E-state index in [9.17, 15) is 13.6 Å². The molecule has 1 atom stereocenters. The normalized spacial score (nSPS) is 16.1. The highest BCUT2D eigenvalue weighted by Crippen LogP contribution is 2.27. The van der Waals surface area contributed by atoms with Crippen LogP contribution >= 0.6 is 27.3 Å². The van der Waals surface area contributed by atoms with Crippen molar-refractivity contribution in [3.63, 3.8) is 0 Å². The summed E-state index contributed by atoms with van der Waals surface area (Å²) in [7, 11) is 0. The lowest BCUT2D eigenvalue weighted by atomic mass is 10.1. The molecule has 4 nitrogen and oxygen atoms in total. The standard InChI is InChI=1S/C22H20BrF2N3OS/c23-16-3-1-2-15(8-16)22-27-17(13-30-22)9-21(29)26-11-14-6-7-28(12-14)18-4-5-19(24)20(25)10-18/h1-5,8,10,13-14H,6-7,9,11-12H2,(H,26,29). The molecule has 0 spiro atoms. The molecule has 4 rings (SSSR count). The molecular formula is C22H20BrF2N3OS. The minimum absolute atomic E-state index is 0.0626. The smallest absolute Gasteiger partial charge is 0.226 e. The van der Waals surface area contributed by atoms with Crippen LogP contribution in [-0.4, -0.2) is 30.5 Å². The van der Waals surface area contributed by atoms with Crippen LogP contribution in [0.25, 0.3) is 10.6 Å². The molecule has 156 valence electrons. The van der Waals surface area contributed by atoms with Gasteiger partial charge in [-0.1, -0.05) is 28.1 Å². The Labute approximate surface area is 186 Å². The molecule has 8 heteroatoms. The minimum atomic E-state index is -0.841. The van der Waals surface area contributed by atoms with Crippen molar-refractivity contribution in [1.82, 2.24) is 10.3 Å². The number of amides is 1. The molecule has 1 saturated heterocycles. The first-order valence-corrected chi connectivity index (χ1v) is 11.3. The number of hydrogen-bond donors (Lipinski definition) is 1. The number of aromatic nitrogens is 1. The van der Waals surface area contributed by atoms with Gasteiger partial charge in [-0.25, -0.2) is 13.8 Å². The van der Waals surface area contributed by atoms with Crippen molar-refractivity contribution in [3.8, 4) is 10.6 Å². The zero-order valence-electron chi connectivity index (χ0n) is 16.1. The second-order valence-electron chi connectivity index (χ2n) is 7.33. The lowest BCUT2D eigenvalue weighted by Gasteiger charge is -2.19. The van der Waals surface area contributed by atoms with E-state index in [-0.39, 0.29) is 18.2 Å². The van der Waals surface area contributed by atoms with Crippen LogP contribution in [0.1, 0.15) is 12.1 Å². The van der Waals surface area contributed by atoms with Crippen molar-refractivity contribution < 1.29 is 13.6 Å². The molecule has 1 unspecified atom stereocenters. The van der Waals surface area contributed by atoms with Crippen LogP contribution in [0.5, 0.6) is 0 Å². The maximum Gasteiger partial charge on any atom is 0.226 e. The van der Waals surface area contributed by atoms with Gasteiger partial charge in [-0.3, -0.25) is 4.79 Å². The van der Waals surface area contributed by atoms with Gasteiger partial charge in [-0.05, 0) is 36.6 Å². The summed E-state index contributed by atoms with van der Waals surface area (Å²) in [5, 5.41) is 5.78. The van der Waals surface area contributed by atoms with Crippen molar-refractivity contribution in [2.75, 3.05) is 24.5 Å². The van der Waals surface area contributed by atoms with Crippen LogP contribution in [0.15, 0.2) is 52.3 Å². The monoisotopic (exact) mass is 491 g/mol. The summed E-state index contributed by atoms with van der Waals surface area (Å²) in [5.41, 5.74) is 2.44. The summed E-state index contributed by atoms with van der Waals surface area (Å²) in [5.74, 6) is -1.47. The van der Waals surface area contributed by atoms with Gasteiger partial charge in [0.05, 0.1) is 12.1 Å². The van der Waals surface area contributed by atoms with Crippen LogP contribution in [0.2, 0.25) is 0 Å². The zero-order valence-corrected chi connectivity index (χ0v) is 18.5. The number of nitrogens with one attached hydrogen (secondary N) is 1. The summed E-state index contributed by atoms with van der Waals surface area (Å²) < 4.78 is 27.6. The maximum atomic E-state index is 13.5. The average molecular weight is 492 g/mol. The Balaban J connectivity index is 1.27. The summed E-state index contributed by atoms with van der Waals surface area (Å²) in [6, 6.07) is 11.9. The van der Waals surface area contributed by atoms with Gasteiger partial charge < -0.3 is 10.2 Å². The first kappa shape index (κ1) is 20.9. The van der Waals surface area contributed by atoms with E-state index < -0.39 is 11.6 Å². The molecule has 3 aromatic rings. The molecule has 1 N–H and O–H groups in total. The Morgan fingerprint density at radius 3 is 2.90 bits per heavy atom. The molecule has 2 aromatic carbocycles. The lowest BCUT2D eigenvalue weighted by Crippen LogP contribution is -2.32. The van der Waals surface area contributed by atoms with E-state index in [4.69, 9.17) is 0 Å². The molecule has 0 aliphatic carbocycles. The fraction of sp³-hybridized carbons (Fsp3) is 0.273. The summed E-state index contributed by atoms with van der Waals surface area (Å²) in [6.45, 7) is 2.02. The van der Waals surface area contributed by atoms with Gasteiger partial charge >= 0.3 is 0 Å². The highest BCUT2D eigenvalue weighted by molar-refractivity contribution is 9.10. The van der Waals surface area contributed by atoms with Crippen LogP contribution in [0.4, 0.5) is 14.5 Å². The topological polar surface area (TPSA) is 45.2 Å². The van der Waals surface area contributed by atoms with Crippen molar-refractivity contribution >= 4 is 38.9 Å². The molecule has 0 radical (unpaired) electrons. The summed E-state index contributed by atoms with van der Waals surface area (Å²) in [6.07, 6.45) is 1.13. The predicted octanol–water partition coefficient (Wildman–Crippen LogP) is 5.04. The lowest BCUT2D eigenvalue weighted by molar-refractivity contribution is -0.120. The molecule has 1 aromatic heterocycles. The van der Waals surface area contributed by atoms with Crippen LogP contribution < -0.4 is 10.2 Å². The van der Waals surface area contributed by atoms with Gasteiger partial charge in [0.1, 0.15) is 5.01 Å². The molecular weight excluding hydrogens is 472 g/mol. The van der Waals surface area contributed by atoms with E-state index in [1.165, 1.54) is 17.4 Å². The molecule has 30 heavy (non-hydrogen) atoms. The molecule has 1 aliphatic rings. The number of thiazole rings is 1. The maximum absolute atomic E-state index is 13.5. The van der Waals surface area contributed by atoms with E-state index in [0.717, 1.165) is 39.8 Å². The molecule has 0 bridgehead atoms. The van der Waals surface area contributed by atoms with E-state index in [1.54, 1.807) is 6.07 Å². The fourth-order valence-electron chi connectivity index (χ4n) is 3.54. The number of carbonyl (C=O) groups is 1. The first-order chi connectivity index (χ1) is 14.5. The summed E-state index contributed by atoms with van der Waals surface area (Å²) in [4.78, 5) is 18.9. The number of rotatable bonds is 6. The SMILES string of the molecule is O=C(Cc1csc(-c2cccc(Br)c2)n1)NCC1CCN(c2ccc(F)c(F)c2)C1. The molecule has 1 aliphatic heterocycles. The quantitative estimate of drug-likeness (QED) is 0.525. The predicted molar refractivity (Wildman–Crippen MR) is 119 cm³/mol. The van der Waals surface area contributed by atoms with Gasteiger partial charge in [-0.15, -0.1) is 11.3 Å². The van der Waals surface area contributed by atoms with E-state index >= 15 is 0 Å². The number of nitrogens with zero attached hydrogens (tertiary/aromatic N) is 2. The van der Waals surface area contributed by atoms with Gasteiger partial charge in [0.15, 0.2) is 11.6 Å². The molecule has 0 saturated carbocycles. The molecule has 1 amide bonds. The molecule has 1 fully saturated rings. The second-order valence-corrected chi connectivity index (χ2v) is 9.11. The Bertz CT molecular complexity index is 1060. The number of carbonyl (C=O) groups excluding carboxylic acids is 1. The van der Waals surface area contributed by atoms with Crippen LogP contribution in [0, 0.1) is 17.6 Å². The van der Waals surface area contributed by atoms with Crippen LogP contribution in [0.3, 0.4) is 0 Å². The summed E-state index contributed by atoms with van der Waals surface area (Å²) >= 11 is 4.98. The van der Waals surface area contributed by atoms with E-state index in [0.29, 0.717) is 18.8 Å². The largest absolute Gasteiger partial charge is 0.371 e. The minimum Gasteiger partial charge on any atom is -0.371 e. The number of anilines is 1. The Kier molecular flexibility index (Phi) is 6.43. The Hall–Kier alpha value is -2.32. The number of halogens is 3. The van der Waals surface area contributed by atoms with Crippen molar-refractivity contribution in [2.24, 2.45) is 5.92 Å². The van der Waals surface area contributed by atoms with E-state index in [1.807, 2.05) is 34.5 Å². The number of benzene rings is 2. The van der Waals surface area contributed by atoms with Crippen molar-refractivity contribution in [3.05, 3.63) is 69.6 Å². The van der Waals surface area contributed by atoms with Gasteiger partial charge in [0.2, 0.25) is 5.91 Å². The third kappa shape index (κ3) is 5.05. The third-order valence-electron chi connectivity index (χ3n) is 5.11. The van der Waals surface area contributed by atoms with Gasteiger partial charge in [-0.2, -0.15) is 0 Å². The average Bonchev–Trinajstić information content (AvgIpc) is 3.38. The zero-order chi connectivity index (χ0) is 21.1. The highest BCUT2D eigenvalue weighted by atomic mass is 79.9. The molecule has 2 heterocycles.